The van der Waals surface area contributed by atoms with Gasteiger partial charge in [0.05, 0.1) is 11.0 Å². The van der Waals surface area contributed by atoms with E-state index in [1.54, 1.807) is 30.8 Å². The average molecular weight is 365 g/mol. The van der Waals surface area contributed by atoms with Crippen LogP contribution in [0.3, 0.4) is 0 Å². The normalized spacial score (nSPS) is 10.7. The number of thioether (sulfide) groups is 1. The highest BCUT2D eigenvalue weighted by atomic mass is 32.2. The molecule has 0 atom stereocenters. The molecule has 3 aromatic carbocycles. The first-order valence-electron chi connectivity index (χ1n) is 8.41. The van der Waals surface area contributed by atoms with Crippen LogP contribution in [0.1, 0.15) is 21.9 Å². The third-order valence-corrected chi connectivity index (χ3v) is 5.35. The molecule has 26 heavy (non-hydrogen) atoms. The summed E-state index contributed by atoms with van der Waals surface area (Å²) in [6.45, 7) is 1.70. The second-order valence-electron chi connectivity index (χ2n) is 6.02. The Morgan fingerprint density at radius 3 is 2.08 bits per heavy atom. The molecule has 1 N–H and O–H groups in total. The molecule has 3 rings (SSSR count). The summed E-state index contributed by atoms with van der Waals surface area (Å²) in [6, 6.07) is 25.0. The molecule has 3 aromatic rings. The number of nitrogens with one attached hydrogen (secondary N) is 1. The smallest absolute Gasteiger partial charge is 0.234 e. The summed E-state index contributed by atoms with van der Waals surface area (Å²) in [6.07, 6.45) is 0. The Morgan fingerprint density at radius 2 is 1.54 bits per heavy atom. The molecule has 4 heteroatoms. The molecule has 2 nitrogen and oxygen atoms in total. The maximum Gasteiger partial charge on any atom is 0.234 e. The van der Waals surface area contributed by atoms with E-state index < -0.39 is 0 Å². The largest absolute Gasteiger partial charge is 0.325 e. The number of carbonyl (C=O) groups excluding carboxylic acids is 1. The van der Waals surface area contributed by atoms with Crippen molar-refractivity contribution in [3.05, 3.63) is 101 Å². The van der Waals surface area contributed by atoms with E-state index in [-0.39, 0.29) is 22.7 Å². The molecular formula is C22H20FNOS. The molecule has 0 aromatic heterocycles. The van der Waals surface area contributed by atoms with Crippen molar-refractivity contribution in [1.29, 1.82) is 0 Å². The van der Waals surface area contributed by atoms with Crippen molar-refractivity contribution in [1.82, 2.24) is 0 Å². The van der Waals surface area contributed by atoms with Crippen LogP contribution in [0.2, 0.25) is 0 Å². The van der Waals surface area contributed by atoms with Gasteiger partial charge in [-0.25, -0.2) is 4.39 Å². The Morgan fingerprint density at radius 1 is 0.962 bits per heavy atom. The fourth-order valence-corrected chi connectivity index (χ4v) is 3.76. The summed E-state index contributed by atoms with van der Waals surface area (Å²) < 4.78 is 13.6. The maximum atomic E-state index is 13.6. The average Bonchev–Trinajstić information content (AvgIpc) is 2.67. The lowest BCUT2D eigenvalue weighted by atomic mass is 10.0. The molecule has 0 unspecified atom stereocenters. The number of halogens is 1. The zero-order valence-electron chi connectivity index (χ0n) is 14.5. The van der Waals surface area contributed by atoms with Crippen LogP contribution in [0.5, 0.6) is 0 Å². The molecule has 0 fully saturated rings. The fraction of sp³-hybridized carbons (Fsp3) is 0.136. The van der Waals surface area contributed by atoms with Crippen molar-refractivity contribution in [3.8, 4) is 0 Å². The number of hydrogen-bond donors (Lipinski definition) is 1. The van der Waals surface area contributed by atoms with Crippen molar-refractivity contribution in [2.24, 2.45) is 0 Å². The monoisotopic (exact) mass is 365 g/mol. The minimum atomic E-state index is -0.318. The van der Waals surface area contributed by atoms with Crippen LogP contribution in [-0.2, 0) is 4.79 Å². The first-order valence-corrected chi connectivity index (χ1v) is 9.46. The molecule has 0 aliphatic rings. The van der Waals surface area contributed by atoms with Crippen LogP contribution in [0.4, 0.5) is 10.1 Å². The van der Waals surface area contributed by atoms with E-state index in [4.69, 9.17) is 0 Å². The molecule has 0 radical (unpaired) electrons. The van der Waals surface area contributed by atoms with Crippen molar-refractivity contribution < 1.29 is 9.18 Å². The first-order chi connectivity index (χ1) is 12.6. The number of amides is 1. The van der Waals surface area contributed by atoms with Crippen molar-refractivity contribution in [2.45, 2.75) is 12.2 Å². The minimum absolute atomic E-state index is 0.0675. The highest BCUT2D eigenvalue weighted by Gasteiger charge is 2.16. The van der Waals surface area contributed by atoms with Crippen LogP contribution < -0.4 is 5.32 Å². The van der Waals surface area contributed by atoms with E-state index >= 15 is 0 Å². The van der Waals surface area contributed by atoms with Gasteiger partial charge in [0.25, 0.3) is 0 Å². The zero-order valence-corrected chi connectivity index (χ0v) is 15.3. The molecule has 132 valence electrons. The summed E-state index contributed by atoms with van der Waals surface area (Å²) in [5.41, 5.74) is 3.34. The molecular weight excluding hydrogens is 345 g/mol. The fourth-order valence-electron chi connectivity index (χ4n) is 2.67. The molecule has 0 saturated heterocycles. The Balaban J connectivity index is 1.69. The zero-order chi connectivity index (χ0) is 18.4. The summed E-state index contributed by atoms with van der Waals surface area (Å²) in [5, 5.41) is 2.84. The molecule has 0 spiro atoms. The van der Waals surface area contributed by atoms with Crippen molar-refractivity contribution >= 4 is 23.4 Å². The molecule has 0 saturated carbocycles. The van der Waals surface area contributed by atoms with E-state index in [0.717, 1.165) is 11.1 Å². The highest BCUT2D eigenvalue weighted by Crippen LogP contribution is 2.35. The third kappa shape index (κ3) is 4.73. The van der Waals surface area contributed by atoms with Gasteiger partial charge in [-0.1, -0.05) is 66.7 Å². The summed E-state index contributed by atoms with van der Waals surface area (Å²) in [5.74, 6) is -0.179. The maximum absolute atomic E-state index is 13.6. The van der Waals surface area contributed by atoms with Gasteiger partial charge in [0.1, 0.15) is 5.82 Å². The van der Waals surface area contributed by atoms with Crippen molar-refractivity contribution in [3.63, 3.8) is 0 Å². The van der Waals surface area contributed by atoms with Crippen LogP contribution in [0.15, 0.2) is 78.9 Å². The molecule has 1 amide bonds. The Bertz CT molecular complexity index is 828. The van der Waals surface area contributed by atoms with Gasteiger partial charge in [-0.3, -0.25) is 4.79 Å². The molecule has 0 aliphatic heterocycles. The van der Waals surface area contributed by atoms with E-state index in [9.17, 15) is 9.18 Å². The number of carbonyl (C=O) groups is 1. The SMILES string of the molecule is Cc1ccc(NC(=O)CSC(c2ccccc2)c2ccccc2)cc1F. The summed E-state index contributed by atoms with van der Waals surface area (Å²) in [4.78, 5) is 12.3. The quantitative estimate of drug-likeness (QED) is 0.616. The number of anilines is 1. The molecule has 0 aliphatic carbocycles. The Labute approximate surface area is 157 Å². The lowest BCUT2D eigenvalue weighted by Gasteiger charge is -2.17. The second kappa shape index (κ2) is 8.68. The molecule has 0 heterocycles. The Hall–Kier alpha value is -2.59. The van der Waals surface area contributed by atoms with Gasteiger partial charge in [0.2, 0.25) is 5.91 Å². The van der Waals surface area contributed by atoms with Gasteiger partial charge >= 0.3 is 0 Å². The van der Waals surface area contributed by atoms with E-state index in [1.807, 2.05) is 36.4 Å². The minimum Gasteiger partial charge on any atom is -0.325 e. The lowest BCUT2D eigenvalue weighted by Crippen LogP contribution is -2.15. The lowest BCUT2D eigenvalue weighted by molar-refractivity contribution is -0.113. The van der Waals surface area contributed by atoms with Crippen molar-refractivity contribution in [2.75, 3.05) is 11.1 Å². The number of rotatable bonds is 6. The van der Waals surface area contributed by atoms with Gasteiger partial charge in [0, 0.05) is 5.69 Å². The highest BCUT2D eigenvalue weighted by molar-refractivity contribution is 8.00. The van der Waals surface area contributed by atoms with E-state index in [1.165, 1.54) is 6.07 Å². The predicted octanol–water partition coefficient (Wildman–Crippen LogP) is 5.60. The third-order valence-electron chi connectivity index (χ3n) is 4.04. The standard InChI is InChI=1S/C22H20FNOS/c1-16-12-13-19(14-20(16)23)24-21(25)15-26-22(17-8-4-2-5-9-17)18-10-6-3-7-11-18/h2-14,22H,15H2,1H3,(H,24,25). The van der Waals surface area contributed by atoms with Gasteiger partial charge in [-0.05, 0) is 35.7 Å². The summed E-state index contributed by atoms with van der Waals surface area (Å²) in [7, 11) is 0. The van der Waals surface area contributed by atoms with Crippen LogP contribution >= 0.6 is 11.8 Å². The van der Waals surface area contributed by atoms with E-state index in [2.05, 4.69) is 29.6 Å². The topological polar surface area (TPSA) is 29.1 Å². The van der Waals surface area contributed by atoms with Gasteiger partial charge < -0.3 is 5.32 Å². The number of benzene rings is 3. The number of aryl methyl sites for hydroxylation is 1. The Kier molecular flexibility index (Phi) is 6.08. The second-order valence-corrected chi connectivity index (χ2v) is 7.12. The first kappa shape index (κ1) is 18.2. The van der Waals surface area contributed by atoms with Crippen LogP contribution in [0.25, 0.3) is 0 Å². The summed E-state index contributed by atoms with van der Waals surface area (Å²) >= 11 is 1.56. The van der Waals surface area contributed by atoms with E-state index in [0.29, 0.717) is 11.3 Å². The predicted molar refractivity (Wildman–Crippen MR) is 107 cm³/mol. The van der Waals surface area contributed by atoms with Gasteiger partial charge in [0.15, 0.2) is 0 Å². The van der Waals surface area contributed by atoms with Crippen LogP contribution in [0, 0.1) is 12.7 Å². The van der Waals surface area contributed by atoms with Crippen LogP contribution in [-0.4, -0.2) is 11.7 Å². The van der Waals surface area contributed by atoms with Gasteiger partial charge in [-0.2, -0.15) is 0 Å². The van der Waals surface area contributed by atoms with Gasteiger partial charge in [-0.15, -0.1) is 11.8 Å². The number of hydrogen-bond acceptors (Lipinski definition) is 2. The molecule has 0 bridgehead atoms.